The second-order valence-corrected chi connectivity index (χ2v) is 7.46. The zero-order chi connectivity index (χ0) is 16.3. The molecule has 3 aromatic rings. The van der Waals surface area contributed by atoms with Gasteiger partial charge in [0, 0.05) is 5.75 Å². The van der Waals surface area contributed by atoms with Gasteiger partial charge >= 0.3 is 0 Å². The highest BCUT2D eigenvalue weighted by atomic mass is 32.2. The SMILES string of the molecule is CC(C)(C)c1ccc(OCCSc2nc3ccccc3o2)cc1. The summed E-state index contributed by atoms with van der Waals surface area (Å²) in [6, 6.07) is 16.1. The zero-order valence-corrected chi connectivity index (χ0v) is 14.5. The summed E-state index contributed by atoms with van der Waals surface area (Å²) in [6.45, 7) is 7.25. The van der Waals surface area contributed by atoms with E-state index in [0.717, 1.165) is 22.6 Å². The van der Waals surface area contributed by atoms with E-state index in [1.54, 1.807) is 11.8 Å². The minimum atomic E-state index is 0.168. The molecule has 0 unspecified atom stereocenters. The zero-order valence-electron chi connectivity index (χ0n) is 13.7. The van der Waals surface area contributed by atoms with E-state index >= 15 is 0 Å². The molecule has 0 radical (unpaired) electrons. The topological polar surface area (TPSA) is 35.3 Å². The summed E-state index contributed by atoms with van der Waals surface area (Å²) in [6.07, 6.45) is 0. The lowest BCUT2D eigenvalue weighted by Gasteiger charge is -2.19. The second-order valence-electron chi connectivity index (χ2n) is 6.42. The number of hydrogen-bond donors (Lipinski definition) is 0. The largest absolute Gasteiger partial charge is 0.493 e. The number of hydrogen-bond acceptors (Lipinski definition) is 4. The molecule has 0 aliphatic rings. The molecule has 0 aliphatic heterocycles. The van der Waals surface area contributed by atoms with Gasteiger partial charge in [-0.2, -0.15) is 0 Å². The number of rotatable bonds is 5. The van der Waals surface area contributed by atoms with Crippen LogP contribution in [0.15, 0.2) is 58.2 Å². The van der Waals surface area contributed by atoms with Gasteiger partial charge in [-0.1, -0.05) is 56.8 Å². The van der Waals surface area contributed by atoms with Crippen molar-refractivity contribution in [3.05, 3.63) is 54.1 Å². The molecule has 0 saturated heterocycles. The van der Waals surface area contributed by atoms with Gasteiger partial charge in [-0.15, -0.1) is 0 Å². The maximum atomic E-state index is 5.78. The molecule has 0 fully saturated rings. The average molecular weight is 327 g/mol. The van der Waals surface area contributed by atoms with Gasteiger partial charge in [0.2, 0.25) is 0 Å². The molecule has 120 valence electrons. The lowest BCUT2D eigenvalue weighted by molar-refractivity contribution is 0.343. The van der Waals surface area contributed by atoms with Crippen LogP contribution in [0.5, 0.6) is 5.75 Å². The summed E-state index contributed by atoms with van der Waals surface area (Å²) in [5.41, 5.74) is 3.20. The number of aromatic nitrogens is 1. The van der Waals surface area contributed by atoms with Crippen LogP contribution in [0, 0.1) is 0 Å². The van der Waals surface area contributed by atoms with E-state index in [4.69, 9.17) is 9.15 Å². The number of thioether (sulfide) groups is 1. The molecule has 0 spiro atoms. The van der Waals surface area contributed by atoms with Gasteiger partial charge in [0.05, 0.1) is 6.61 Å². The molecule has 4 heteroatoms. The van der Waals surface area contributed by atoms with Gasteiger partial charge in [0.1, 0.15) is 11.3 Å². The Morgan fingerprint density at radius 3 is 2.48 bits per heavy atom. The Morgan fingerprint density at radius 1 is 1.04 bits per heavy atom. The molecule has 0 N–H and O–H groups in total. The molecule has 0 aliphatic carbocycles. The fourth-order valence-corrected chi connectivity index (χ4v) is 2.91. The summed E-state index contributed by atoms with van der Waals surface area (Å²) in [7, 11) is 0. The van der Waals surface area contributed by atoms with Crippen LogP contribution in [0.2, 0.25) is 0 Å². The van der Waals surface area contributed by atoms with Crippen molar-refractivity contribution in [2.45, 2.75) is 31.4 Å². The third kappa shape index (κ3) is 4.08. The Morgan fingerprint density at radius 2 is 1.78 bits per heavy atom. The summed E-state index contributed by atoms with van der Waals surface area (Å²) in [4.78, 5) is 4.44. The Labute approximate surface area is 141 Å². The smallest absolute Gasteiger partial charge is 0.256 e. The standard InChI is InChI=1S/C19H21NO2S/c1-19(2,3)14-8-10-15(11-9-14)21-12-13-23-18-20-16-6-4-5-7-17(16)22-18/h4-11H,12-13H2,1-3H3. The molecule has 1 heterocycles. The molecule has 0 saturated carbocycles. The summed E-state index contributed by atoms with van der Waals surface area (Å²) >= 11 is 1.57. The van der Waals surface area contributed by atoms with Crippen LogP contribution in [0.4, 0.5) is 0 Å². The van der Waals surface area contributed by atoms with E-state index in [0.29, 0.717) is 11.8 Å². The van der Waals surface area contributed by atoms with Crippen LogP contribution in [0.25, 0.3) is 11.1 Å². The Balaban J connectivity index is 1.49. The fourth-order valence-electron chi connectivity index (χ4n) is 2.25. The van der Waals surface area contributed by atoms with Crippen molar-refractivity contribution in [1.29, 1.82) is 0 Å². The van der Waals surface area contributed by atoms with E-state index in [1.165, 1.54) is 5.56 Å². The van der Waals surface area contributed by atoms with Crippen LogP contribution in [-0.4, -0.2) is 17.3 Å². The molecule has 23 heavy (non-hydrogen) atoms. The maximum absolute atomic E-state index is 5.78. The van der Waals surface area contributed by atoms with Crippen molar-refractivity contribution in [2.75, 3.05) is 12.4 Å². The lowest BCUT2D eigenvalue weighted by Crippen LogP contribution is -2.10. The fraction of sp³-hybridized carbons (Fsp3) is 0.316. The number of oxazole rings is 1. The molecule has 1 aromatic heterocycles. The molecular formula is C19H21NO2S. The highest BCUT2D eigenvalue weighted by Crippen LogP contribution is 2.25. The third-order valence-electron chi connectivity index (χ3n) is 3.57. The van der Waals surface area contributed by atoms with Crippen molar-refractivity contribution in [3.8, 4) is 5.75 Å². The molecule has 3 rings (SSSR count). The summed E-state index contributed by atoms with van der Waals surface area (Å²) < 4.78 is 11.4. The monoisotopic (exact) mass is 327 g/mol. The van der Waals surface area contributed by atoms with Gasteiger partial charge in [0.25, 0.3) is 5.22 Å². The maximum Gasteiger partial charge on any atom is 0.256 e. The first-order valence-corrected chi connectivity index (χ1v) is 8.73. The minimum absolute atomic E-state index is 0.168. The van der Waals surface area contributed by atoms with Crippen molar-refractivity contribution in [2.24, 2.45) is 0 Å². The highest BCUT2D eigenvalue weighted by Gasteiger charge is 2.13. The second kappa shape index (κ2) is 6.67. The van der Waals surface area contributed by atoms with Crippen LogP contribution in [-0.2, 0) is 5.41 Å². The number of nitrogens with zero attached hydrogens (tertiary/aromatic N) is 1. The van der Waals surface area contributed by atoms with Crippen LogP contribution in [0.1, 0.15) is 26.3 Å². The van der Waals surface area contributed by atoms with Gasteiger partial charge in [0.15, 0.2) is 5.58 Å². The van der Waals surface area contributed by atoms with Crippen molar-refractivity contribution < 1.29 is 9.15 Å². The third-order valence-corrected chi connectivity index (χ3v) is 4.36. The van der Waals surface area contributed by atoms with Crippen molar-refractivity contribution in [3.63, 3.8) is 0 Å². The lowest BCUT2D eigenvalue weighted by atomic mass is 9.87. The molecule has 0 atom stereocenters. The van der Waals surface area contributed by atoms with Gasteiger partial charge in [-0.05, 0) is 35.2 Å². The predicted molar refractivity (Wildman–Crippen MR) is 95.4 cm³/mol. The first kappa shape index (κ1) is 15.9. The Bertz CT molecular complexity index is 739. The first-order chi connectivity index (χ1) is 11.0. The number of para-hydroxylation sites is 2. The molecule has 0 amide bonds. The van der Waals surface area contributed by atoms with E-state index in [-0.39, 0.29) is 5.41 Å². The first-order valence-electron chi connectivity index (χ1n) is 7.74. The average Bonchev–Trinajstić information content (AvgIpc) is 2.94. The molecule has 3 nitrogen and oxygen atoms in total. The van der Waals surface area contributed by atoms with E-state index in [1.807, 2.05) is 36.4 Å². The normalized spacial score (nSPS) is 11.8. The van der Waals surface area contributed by atoms with Gasteiger partial charge < -0.3 is 9.15 Å². The van der Waals surface area contributed by atoms with Gasteiger partial charge in [-0.3, -0.25) is 0 Å². The summed E-state index contributed by atoms with van der Waals surface area (Å²) in [5.74, 6) is 1.70. The summed E-state index contributed by atoms with van der Waals surface area (Å²) in [5, 5.41) is 0.692. The Hall–Kier alpha value is -1.94. The van der Waals surface area contributed by atoms with Crippen molar-refractivity contribution in [1.82, 2.24) is 4.98 Å². The number of fused-ring (bicyclic) bond motifs is 1. The predicted octanol–water partition coefficient (Wildman–Crippen LogP) is 5.30. The van der Waals surface area contributed by atoms with Crippen molar-refractivity contribution >= 4 is 22.9 Å². The molecule has 0 bridgehead atoms. The molecule has 2 aromatic carbocycles. The Kier molecular flexibility index (Phi) is 4.62. The number of benzene rings is 2. The van der Waals surface area contributed by atoms with E-state index in [2.05, 4.69) is 37.9 Å². The quantitative estimate of drug-likeness (QED) is 0.471. The number of ether oxygens (including phenoxy) is 1. The van der Waals surface area contributed by atoms with Crippen LogP contribution < -0.4 is 4.74 Å². The van der Waals surface area contributed by atoms with E-state index < -0.39 is 0 Å². The molecular weight excluding hydrogens is 306 g/mol. The highest BCUT2D eigenvalue weighted by molar-refractivity contribution is 7.99. The van der Waals surface area contributed by atoms with Crippen LogP contribution in [0.3, 0.4) is 0 Å². The van der Waals surface area contributed by atoms with E-state index in [9.17, 15) is 0 Å². The minimum Gasteiger partial charge on any atom is -0.493 e. The van der Waals surface area contributed by atoms with Crippen LogP contribution >= 0.6 is 11.8 Å². The van der Waals surface area contributed by atoms with Gasteiger partial charge in [-0.25, -0.2) is 4.98 Å².